The smallest absolute Gasteiger partial charge is 0.275 e. The van der Waals surface area contributed by atoms with Crippen LogP contribution < -0.4 is 10.8 Å². The minimum absolute atomic E-state index is 0.230. The Kier molecular flexibility index (Phi) is 3.95. The molecule has 0 spiro atoms. The number of hydrogen-bond donors (Lipinski definition) is 3. The second-order valence-corrected chi connectivity index (χ2v) is 7.24. The van der Waals surface area contributed by atoms with Crippen LogP contribution >= 0.6 is 0 Å². The van der Waals surface area contributed by atoms with Crippen LogP contribution in [0.3, 0.4) is 0 Å². The lowest BCUT2D eigenvalue weighted by atomic mass is 9.90. The molecular weight excluding hydrogens is 345 g/mol. The molecule has 3 heterocycles. The fraction of sp³-hybridized carbons (Fsp3) is 0.286. The van der Waals surface area contributed by atoms with Gasteiger partial charge < -0.3 is 10.3 Å². The topological polar surface area (TPSA) is 66.2 Å². The van der Waals surface area contributed by atoms with Crippen molar-refractivity contribution in [2.24, 2.45) is 0 Å². The third kappa shape index (κ3) is 2.81. The molecule has 1 atom stereocenters. The lowest BCUT2D eigenvalue weighted by molar-refractivity contribution is 0.0255. The number of nitrogens with one attached hydrogen (secondary N) is 3. The SMILES string of the molecule is O=C1NOCc2c(-c3ccc(C4CCCNC4)cc3)[nH]c3cc(F)cc1c23. The van der Waals surface area contributed by atoms with Crippen LogP contribution in [0, 0.1) is 5.82 Å². The number of benzene rings is 2. The number of H-pyrrole nitrogens is 1. The van der Waals surface area contributed by atoms with Crippen molar-refractivity contribution in [2.45, 2.75) is 25.4 Å². The summed E-state index contributed by atoms with van der Waals surface area (Å²) in [6, 6.07) is 11.2. The molecule has 138 valence electrons. The predicted octanol–water partition coefficient (Wildman–Crippen LogP) is 3.62. The Morgan fingerprint density at radius 1 is 1.15 bits per heavy atom. The van der Waals surface area contributed by atoms with Crippen LogP contribution in [0.2, 0.25) is 0 Å². The molecule has 0 aliphatic carbocycles. The Balaban J connectivity index is 1.59. The summed E-state index contributed by atoms with van der Waals surface area (Å²) in [5, 5.41) is 4.17. The first-order valence-electron chi connectivity index (χ1n) is 9.28. The minimum atomic E-state index is -0.450. The van der Waals surface area contributed by atoms with Crippen molar-refractivity contribution in [1.29, 1.82) is 0 Å². The van der Waals surface area contributed by atoms with Crippen molar-refractivity contribution in [3.8, 4) is 11.3 Å². The highest BCUT2D eigenvalue weighted by molar-refractivity contribution is 6.09. The molecule has 2 aliphatic rings. The standard InChI is InChI=1S/C21H20FN3O2/c22-15-8-16-19-17(11-27-25-21(16)26)20(24-18(19)9-15)13-5-3-12(4-6-13)14-2-1-7-23-10-14/h3-6,8-9,14,23-24H,1-2,7,10-11H2,(H,25,26). The zero-order chi connectivity index (χ0) is 18.4. The van der Waals surface area contributed by atoms with Gasteiger partial charge in [0.25, 0.3) is 5.91 Å². The lowest BCUT2D eigenvalue weighted by Crippen LogP contribution is -2.28. The van der Waals surface area contributed by atoms with Crippen LogP contribution in [-0.2, 0) is 11.4 Å². The van der Waals surface area contributed by atoms with Gasteiger partial charge in [-0.2, -0.15) is 0 Å². The van der Waals surface area contributed by atoms with Crippen LogP contribution in [-0.4, -0.2) is 24.0 Å². The van der Waals surface area contributed by atoms with E-state index in [1.54, 1.807) is 0 Å². The van der Waals surface area contributed by atoms with E-state index in [1.165, 1.54) is 30.5 Å². The summed E-state index contributed by atoms with van der Waals surface area (Å²) in [6.07, 6.45) is 2.40. The monoisotopic (exact) mass is 365 g/mol. The molecule has 5 nitrogen and oxygen atoms in total. The molecule has 5 rings (SSSR count). The van der Waals surface area contributed by atoms with Crippen molar-refractivity contribution >= 4 is 16.8 Å². The first-order valence-corrected chi connectivity index (χ1v) is 9.28. The van der Waals surface area contributed by atoms with Gasteiger partial charge in [-0.3, -0.25) is 9.63 Å². The van der Waals surface area contributed by atoms with Crippen molar-refractivity contribution in [3.63, 3.8) is 0 Å². The second-order valence-electron chi connectivity index (χ2n) is 7.24. The molecule has 2 aromatic carbocycles. The third-order valence-electron chi connectivity index (χ3n) is 5.56. The highest BCUT2D eigenvalue weighted by atomic mass is 19.1. The van der Waals surface area contributed by atoms with Gasteiger partial charge in [-0.15, -0.1) is 0 Å². The number of aromatic nitrogens is 1. The summed E-state index contributed by atoms with van der Waals surface area (Å²) in [4.78, 5) is 20.8. The molecule has 27 heavy (non-hydrogen) atoms. The van der Waals surface area contributed by atoms with E-state index >= 15 is 0 Å². The van der Waals surface area contributed by atoms with Gasteiger partial charge >= 0.3 is 0 Å². The molecule has 1 unspecified atom stereocenters. The van der Waals surface area contributed by atoms with Crippen LogP contribution in [0.4, 0.5) is 4.39 Å². The average molecular weight is 365 g/mol. The number of rotatable bonds is 2. The van der Waals surface area contributed by atoms with E-state index in [0.717, 1.165) is 35.3 Å². The normalized spacial score (nSPS) is 19.7. The molecule has 6 heteroatoms. The van der Waals surface area contributed by atoms with Crippen molar-refractivity contribution < 1.29 is 14.0 Å². The molecule has 0 radical (unpaired) electrons. The number of amides is 1. The van der Waals surface area contributed by atoms with Gasteiger partial charge in [0.1, 0.15) is 12.4 Å². The number of hydrogen-bond acceptors (Lipinski definition) is 3. The Morgan fingerprint density at radius 3 is 2.78 bits per heavy atom. The number of piperidine rings is 1. The first-order chi connectivity index (χ1) is 13.2. The number of carbonyl (C=O) groups excluding carboxylic acids is 1. The van der Waals surface area contributed by atoms with Crippen LogP contribution in [0.25, 0.3) is 22.2 Å². The zero-order valence-corrected chi connectivity index (χ0v) is 14.8. The summed E-state index contributed by atoms with van der Waals surface area (Å²) in [6.45, 7) is 2.34. The molecule has 2 aliphatic heterocycles. The van der Waals surface area contributed by atoms with Gasteiger partial charge in [0.05, 0.1) is 11.3 Å². The van der Waals surface area contributed by atoms with E-state index < -0.39 is 11.7 Å². The fourth-order valence-electron chi connectivity index (χ4n) is 4.22. The predicted molar refractivity (Wildman–Crippen MR) is 101 cm³/mol. The first kappa shape index (κ1) is 16.5. The van der Waals surface area contributed by atoms with Gasteiger partial charge in [0.15, 0.2) is 0 Å². The van der Waals surface area contributed by atoms with Crippen LogP contribution in [0.1, 0.15) is 40.2 Å². The molecule has 0 bridgehead atoms. The highest BCUT2D eigenvalue weighted by Gasteiger charge is 2.24. The quantitative estimate of drug-likeness (QED) is 0.650. The number of carbonyl (C=O) groups is 1. The molecule has 1 amide bonds. The fourth-order valence-corrected chi connectivity index (χ4v) is 4.22. The minimum Gasteiger partial charge on any atom is -0.354 e. The summed E-state index contributed by atoms with van der Waals surface area (Å²) in [5.74, 6) is -0.332. The Hall–Kier alpha value is -2.70. The van der Waals surface area contributed by atoms with Crippen molar-refractivity contribution in [2.75, 3.05) is 13.1 Å². The van der Waals surface area contributed by atoms with Crippen LogP contribution in [0.5, 0.6) is 0 Å². The van der Waals surface area contributed by atoms with Gasteiger partial charge in [0, 0.05) is 23.0 Å². The molecule has 0 saturated carbocycles. The maximum Gasteiger partial charge on any atom is 0.275 e. The third-order valence-corrected chi connectivity index (χ3v) is 5.56. The van der Waals surface area contributed by atoms with Crippen molar-refractivity contribution in [3.05, 3.63) is 58.9 Å². The maximum absolute atomic E-state index is 14.0. The van der Waals surface area contributed by atoms with E-state index in [4.69, 9.17) is 4.84 Å². The highest BCUT2D eigenvalue weighted by Crippen LogP contribution is 2.35. The molecule has 1 saturated heterocycles. The largest absolute Gasteiger partial charge is 0.354 e. The van der Waals surface area contributed by atoms with Gasteiger partial charge in [-0.05, 0) is 48.6 Å². The maximum atomic E-state index is 14.0. The summed E-state index contributed by atoms with van der Waals surface area (Å²) in [7, 11) is 0. The van der Waals surface area contributed by atoms with E-state index in [0.29, 0.717) is 17.0 Å². The van der Waals surface area contributed by atoms with E-state index in [1.807, 2.05) is 0 Å². The summed E-state index contributed by atoms with van der Waals surface area (Å²) < 4.78 is 14.0. The molecule has 1 aromatic heterocycles. The average Bonchev–Trinajstić information content (AvgIpc) is 2.97. The van der Waals surface area contributed by atoms with Gasteiger partial charge in [-0.1, -0.05) is 24.3 Å². The molecule has 3 N–H and O–H groups in total. The van der Waals surface area contributed by atoms with E-state index in [2.05, 4.69) is 40.0 Å². The second kappa shape index (κ2) is 6.48. The Bertz CT molecular complexity index is 1020. The van der Waals surface area contributed by atoms with E-state index in [-0.39, 0.29) is 6.61 Å². The lowest BCUT2D eigenvalue weighted by Gasteiger charge is -2.23. The number of hydroxylamine groups is 1. The van der Waals surface area contributed by atoms with E-state index in [9.17, 15) is 9.18 Å². The molecular formula is C21H20FN3O2. The Morgan fingerprint density at radius 2 is 2.00 bits per heavy atom. The number of halogens is 1. The summed E-state index contributed by atoms with van der Waals surface area (Å²) in [5.41, 5.74) is 7.33. The number of aromatic amines is 1. The van der Waals surface area contributed by atoms with Crippen molar-refractivity contribution in [1.82, 2.24) is 15.8 Å². The Labute approximate surface area is 155 Å². The zero-order valence-electron chi connectivity index (χ0n) is 14.8. The molecule has 3 aromatic rings. The van der Waals surface area contributed by atoms with Crippen LogP contribution in [0.15, 0.2) is 36.4 Å². The van der Waals surface area contributed by atoms with Gasteiger partial charge in [-0.25, -0.2) is 9.87 Å². The van der Waals surface area contributed by atoms with Gasteiger partial charge in [0.2, 0.25) is 0 Å². The molecule has 1 fully saturated rings. The summed E-state index contributed by atoms with van der Waals surface area (Å²) >= 11 is 0.